The predicted octanol–water partition coefficient (Wildman–Crippen LogP) is 4.52. The van der Waals surface area contributed by atoms with Gasteiger partial charge in [-0.15, -0.1) is 0 Å². The number of rotatable bonds is 9. The van der Waals surface area contributed by atoms with E-state index in [1.807, 2.05) is 6.08 Å². The fourth-order valence-corrected chi connectivity index (χ4v) is 1.54. The summed E-state index contributed by atoms with van der Waals surface area (Å²) in [5.41, 5.74) is 0. The standard InChI is InChI=1S/C14H26O/c1-13(2)11-9-7-5-4-6-8-10-12-14(3)15/h8,10,13H,4-7,9,11-12H2,1-3H3/b10-8+. The van der Waals surface area contributed by atoms with Crippen molar-refractivity contribution in [2.75, 3.05) is 0 Å². The van der Waals surface area contributed by atoms with E-state index < -0.39 is 0 Å². The molecule has 1 nitrogen and oxygen atoms in total. The molecule has 0 fully saturated rings. The quantitative estimate of drug-likeness (QED) is 0.404. The van der Waals surface area contributed by atoms with Gasteiger partial charge in [0.05, 0.1) is 0 Å². The molecule has 0 N–H and O–H groups in total. The Kier molecular flexibility index (Phi) is 9.55. The number of hydrogen-bond donors (Lipinski definition) is 0. The summed E-state index contributed by atoms with van der Waals surface area (Å²) in [5, 5.41) is 0. The van der Waals surface area contributed by atoms with Crippen LogP contribution < -0.4 is 0 Å². The van der Waals surface area contributed by atoms with Gasteiger partial charge in [0.2, 0.25) is 0 Å². The molecule has 0 rings (SSSR count). The summed E-state index contributed by atoms with van der Waals surface area (Å²) in [6, 6.07) is 0. The summed E-state index contributed by atoms with van der Waals surface area (Å²) < 4.78 is 0. The number of carbonyl (C=O) groups is 1. The third-order valence-electron chi connectivity index (χ3n) is 2.47. The van der Waals surface area contributed by atoms with Crippen molar-refractivity contribution in [2.24, 2.45) is 5.92 Å². The lowest BCUT2D eigenvalue weighted by Gasteiger charge is -2.03. The van der Waals surface area contributed by atoms with Crippen molar-refractivity contribution in [1.82, 2.24) is 0 Å². The van der Waals surface area contributed by atoms with Crippen LogP contribution in [0.1, 0.15) is 65.7 Å². The van der Waals surface area contributed by atoms with Crippen molar-refractivity contribution in [3.05, 3.63) is 12.2 Å². The summed E-state index contributed by atoms with van der Waals surface area (Å²) in [5.74, 6) is 1.10. The topological polar surface area (TPSA) is 17.1 Å². The second kappa shape index (κ2) is 9.95. The van der Waals surface area contributed by atoms with Crippen LogP contribution in [0.2, 0.25) is 0 Å². The first-order valence-corrected chi connectivity index (χ1v) is 6.27. The maximum atomic E-state index is 10.6. The molecule has 0 aliphatic heterocycles. The van der Waals surface area contributed by atoms with E-state index in [0.717, 1.165) is 12.3 Å². The molecule has 0 atom stereocenters. The first-order chi connectivity index (χ1) is 7.13. The SMILES string of the molecule is CC(=O)C/C=C/CCCCCCC(C)C. The Labute approximate surface area is 95.0 Å². The number of ketones is 1. The van der Waals surface area contributed by atoms with Crippen LogP contribution in [-0.4, -0.2) is 5.78 Å². The van der Waals surface area contributed by atoms with Crippen molar-refractivity contribution < 1.29 is 4.79 Å². The molecule has 0 aromatic rings. The van der Waals surface area contributed by atoms with Crippen LogP contribution in [-0.2, 0) is 4.79 Å². The monoisotopic (exact) mass is 210 g/mol. The summed E-state index contributed by atoms with van der Waals surface area (Å²) in [6.07, 6.45) is 12.6. The van der Waals surface area contributed by atoms with Crippen LogP contribution in [0.4, 0.5) is 0 Å². The molecule has 0 unspecified atom stereocenters. The number of allylic oxidation sites excluding steroid dienone is 2. The van der Waals surface area contributed by atoms with Gasteiger partial charge in [-0.2, -0.15) is 0 Å². The molecule has 0 bridgehead atoms. The van der Waals surface area contributed by atoms with E-state index in [1.165, 1.54) is 32.1 Å². The second-order valence-corrected chi connectivity index (χ2v) is 4.76. The molecule has 0 aliphatic rings. The van der Waals surface area contributed by atoms with Crippen molar-refractivity contribution in [2.45, 2.75) is 65.7 Å². The van der Waals surface area contributed by atoms with Gasteiger partial charge >= 0.3 is 0 Å². The van der Waals surface area contributed by atoms with Gasteiger partial charge in [0.15, 0.2) is 0 Å². The van der Waals surface area contributed by atoms with Gasteiger partial charge in [-0.3, -0.25) is 4.79 Å². The molecule has 0 saturated carbocycles. The van der Waals surface area contributed by atoms with E-state index >= 15 is 0 Å². The first kappa shape index (κ1) is 14.4. The van der Waals surface area contributed by atoms with Crippen molar-refractivity contribution >= 4 is 5.78 Å². The Morgan fingerprint density at radius 3 is 2.33 bits per heavy atom. The van der Waals surface area contributed by atoms with Gasteiger partial charge in [-0.05, 0) is 25.7 Å². The molecule has 0 aliphatic carbocycles. The minimum Gasteiger partial charge on any atom is -0.300 e. The van der Waals surface area contributed by atoms with Crippen LogP contribution in [0.5, 0.6) is 0 Å². The highest BCUT2D eigenvalue weighted by atomic mass is 16.1. The predicted molar refractivity (Wildman–Crippen MR) is 67.0 cm³/mol. The Hall–Kier alpha value is -0.590. The van der Waals surface area contributed by atoms with Gasteiger partial charge in [0.25, 0.3) is 0 Å². The number of Topliss-reactive ketones (excluding diaryl/α,β-unsaturated/α-hetero) is 1. The second-order valence-electron chi connectivity index (χ2n) is 4.76. The Balaban J connectivity index is 3.11. The van der Waals surface area contributed by atoms with Gasteiger partial charge in [0, 0.05) is 6.42 Å². The third-order valence-corrected chi connectivity index (χ3v) is 2.47. The number of hydrogen-bond acceptors (Lipinski definition) is 1. The molecule has 88 valence electrons. The molecule has 0 heterocycles. The van der Waals surface area contributed by atoms with Crippen molar-refractivity contribution in [1.29, 1.82) is 0 Å². The van der Waals surface area contributed by atoms with E-state index in [4.69, 9.17) is 0 Å². The van der Waals surface area contributed by atoms with Gasteiger partial charge in [-0.1, -0.05) is 51.7 Å². The van der Waals surface area contributed by atoms with Crippen LogP contribution in [0, 0.1) is 5.92 Å². The average Bonchev–Trinajstić information content (AvgIpc) is 2.14. The summed E-state index contributed by atoms with van der Waals surface area (Å²) >= 11 is 0. The molecule has 0 amide bonds. The fraction of sp³-hybridized carbons (Fsp3) is 0.786. The lowest BCUT2D eigenvalue weighted by atomic mass is 10.0. The fourth-order valence-electron chi connectivity index (χ4n) is 1.54. The highest BCUT2D eigenvalue weighted by Gasteiger charge is 1.93. The minimum absolute atomic E-state index is 0.253. The summed E-state index contributed by atoms with van der Waals surface area (Å²) in [7, 11) is 0. The van der Waals surface area contributed by atoms with Crippen molar-refractivity contribution in [3.8, 4) is 0 Å². The molecule has 0 radical (unpaired) electrons. The Morgan fingerprint density at radius 2 is 1.73 bits per heavy atom. The van der Waals surface area contributed by atoms with Gasteiger partial charge in [-0.25, -0.2) is 0 Å². The van der Waals surface area contributed by atoms with E-state index in [-0.39, 0.29) is 5.78 Å². The maximum Gasteiger partial charge on any atom is 0.133 e. The van der Waals surface area contributed by atoms with Crippen molar-refractivity contribution in [3.63, 3.8) is 0 Å². The van der Waals surface area contributed by atoms with E-state index in [0.29, 0.717) is 6.42 Å². The van der Waals surface area contributed by atoms with E-state index in [9.17, 15) is 4.79 Å². The smallest absolute Gasteiger partial charge is 0.133 e. The Bertz CT molecular complexity index is 180. The highest BCUT2D eigenvalue weighted by Crippen LogP contribution is 2.10. The lowest BCUT2D eigenvalue weighted by molar-refractivity contribution is -0.116. The Morgan fingerprint density at radius 1 is 1.07 bits per heavy atom. The van der Waals surface area contributed by atoms with Gasteiger partial charge < -0.3 is 0 Å². The molecule has 0 spiro atoms. The molecule has 15 heavy (non-hydrogen) atoms. The maximum absolute atomic E-state index is 10.6. The zero-order chi connectivity index (χ0) is 11.5. The third kappa shape index (κ3) is 13.4. The molecule has 0 saturated heterocycles. The van der Waals surface area contributed by atoms with Crippen LogP contribution >= 0.6 is 0 Å². The minimum atomic E-state index is 0.253. The van der Waals surface area contributed by atoms with E-state index in [2.05, 4.69) is 19.9 Å². The molecule has 0 aromatic heterocycles. The van der Waals surface area contributed by atoms with E-state index in [1.54, 1.807) is 6.92 Å². The lowest BCUT2D eigenvalue weighted by Crippen LogP contribution is -1.87. The average molecular weight is 210 g/mol. The summed E-state index contributed by atoms with van der Waals surface area (Å²) in [4.78, 5) is 10.6. The molecular formula is C14H26O. The molecular weight excluding hydrogens is 184 g/mol. The highest BCUT2D eigenvalue weighted by molar-refractivity contribution is 5.76. The van der Waals surface area contributed by atoms with Crippen LogP contribution in [0.3, 0.4) is 0 Å². The first-order valence-electron chi connectivity index (χ1n) is 6.27. The zero-order valence-electron chi connectivity index (χ0n) is 10.6. The van der Waals surface area contributed by atoms with Crippen LogP contribution in [0.25, 0.3) is 0 Å². The summed E-state index contributed by atoms with van der Waals surface area (Å²) in [6.45, 7) is 6.20. The zero-order valence-corrected chi connectivity index (χ0v) is 10.6. The molecule has 0 aromatic carbocycles. The van der Waals surface area contributed by atoms with Crippen LogP contribution in [0.15, 0.2) is 12.2 Å². The largest absolute Gasteiger partial charge is 0.300 e. The van der Waals surface area contributed by atoms with Gasteiger partial charge in [0.1, 0.15) is 5.78 Å². The number of carbonyl (C=O) groups excluding carboxylic acids is 1. The molecule has 1 heteroatoms. The number of unbranched alkanes of at least 4 members (excludes halogenated alkanes) is 4. The normalized spacial score (nSPS) is 11.5.